The number of H-pyrrole nitrogens is 1. The van der Waals surface area contributed by atoms with Crippen molar-refractivity contribution in [3.8, 4) is 11.1 Å². The van der Waals surface area contributed by atoms with E-state index in [9.17, 15) is 4.79 Å². The molecule has 32 heavy (non-hydrogen) atoms. The van der Waals surface area contributed by atoms with Crippen molar-refractivity contribution < 1.29 is 4.79 Å². The van der Waals surface area contributed by atoms with Crippen molar-refractivity contribution in [1.82, 2.24) is 15.3 Å². The molecule has 3 N–H and O–H groups in total. The highest BCUT2D eigenvalue weighted by Crippen LogP contribution is 2.22. The third kappa shape index (κ3) is 5.70. The first-order valence-electron chi connectivity index (χ1n) is 10.5. The van der Waals surface area contributed by atoms with Gasteiger partial charge >= 0.3 is 0 Å². The maximum atomic E-state index is 12.8. The monoisotopic (exact) mass is 423 g/mol. The van der Waals surface area contributed by atoms with E-state index >= 15 is 0 Å². The molecular weight excluding hydrogens is 398 g/mol. The van der Waals surface area contributed by atoms with Crippen LogP contribution in [0.15, 0.2) is 96.4 Å². The maximum Gasteiger partial charge on any atom is 0.257 e. The van der Waals surface area contributed by atoms with E-state index in [1.165, 1.54) is 0 Å². The first kappa shape index (κ1) is 21.1. The van der Waals surface area contributed by atoms with Crippen LogP contribution in [0.1, 0.15) is 21.6 Å². The lowest BCUT2D eigenvalue weighted by molar-refractivity contribution is 0.0977. The third-order valence-electron chi connectivity index (χ3n) is 4.98. The SMILES string of the molecule is Cc1ccc(C(=O)NC(=NCCc2cnc[nH]2)Nc2cccc(-c3ccccc3)c2)cc1. The molecule has 6 nitrogen and oxygen atoms in total. The Bertz CT molecular complexity index is 1180. The van der Waals surface area contributed by atoms with Gasteiger partial charge in [0.2, 0.25) is 5.96 Å². The van der Waals surface area contributed by atoms with Gasteiger partial charge in [0.1, 0.15) is 0 Å². The minimum atomic E-state index is -0.211. The Kier molecular flexibility index (Phi) is 6.72. The molecule has 0 aliphatic rings. The van der Waals surface area contributed by atoms with Gasteiger partial charge in [0, 0.05) is 36.1 Å². The second-order valence-corrected chi connectivity index (χ2v) is 7.45. The van der Waals surface area contributed by atoms with E-state index in [1.807, 2.05) is 67.6 Å². The average molecular weight is 424 g/mol. The van der Waals surface area contributed by atoms with Gasteiger partial charge in [-0.2, -0.15) is 0 Å². The van der Waals surface area contributed by atoms with Gasteiger partial charge < -0.3 is 10.3 Å². The fourth-order valence-electron chi connectivity index (χ4n) is 3.25. The number of benzene rings is 3. The first-order chi connectivity index (χ1) is 15.7. The van der Waals surface area contributed by atoms with E-state index in [0.29, 0.717) is 24.5 Å². The standard InChI is InChI=1S/C26H25N5O/c1-19-10-12-21(13-11-19)25(32)31-26(28-15-14-24-17-27-18-29-24)30-23-9-5-8-22(16-23)20-6-3-2-4-7-20/h2-13,16-18H,14-15H2,1H3,(H,27,29)(H2,28,30,31,32). The lowest BCUT2D eigenvalue weighted by atomic mass is 10.1. The molecule has 0 saturated heterocycles. The Labute approximate surface area is 187 Å². The number of aryl methyl sites for hydroxylation is 1. The van der Waals surface area contributed by atoms with Crippen molar-refractivity contribution in [3.05, 3.63) is 108 Å². The van der Waals surface area contributed by atoms with Crippen molar-refractivity contribution >= 4 is 17.6 Å². The number of amides is 1. The van der Waals surface area contributed by atoms with Crippen LogP contribution in [0.25, 0.3) is 11.1 Å². The molecule has 6 heteroatoms. The number of rotatable bonds is 6. The van der Waals surface area contributed by atoms with Crippen molar-refractivity contribution in [3.63, 3.8) is 0 Å². The van der Waals surface area contributed by atoms with E-state index < -0.39 is 0 Å². The second kappa shape index (κ2) is 10.2. The van der Waals surface area contributed by atoms with Crippen LogP contribution in [0, 0.1) is 6.92 Å². The van der Waals surface area contributed by atoms with Crippen molar-refractivity contribution in [2.75, 3.05) is 11.9 Å². The van der Waals surface area contributed by atoms with Crippen LogP contribution in [0.3, 0.4) is 0 Å². The molecule has 0 spiro atoms. The zero-order valence-electron chi connectivity index (χ0n) is 17.9. The Morgan fingerprint density at radius 3 is 2.50 bits per heavy atom. The molecule has 0 aliphatic carbocycles. The number of imidazole rings is 1. The number of hydrogen-bond acceptors (Lipinski definition) is 3. The molecular formula is C26H25N5O. The molecule has 3 aromatic carbocycles. The first-order valence-corrected chi connectivity index (χ1v) is 10.5. The predicted octanol–water partition coefficient (Wildman–Crippen LogP) is 4.83. The Morgan fingerprint density at radius 1 is 0.969 bits per heavy atom. The molecule has 0 saturated carbocycles. The molecule has 0 aliphatic heterocycles. The molecule has 4 aromatic rings. The van der Waals surface area contributed by atoms with Crippen LogP contribution < -0.4 is 10.6 Å². The molecule has 0 bridgehead atoms. The van der Waals surface area contributed by atoms with Crippen LogP contribution in [0.2, 0.25) is 0 Å². The lowest BCUT2D eigenvalue weighted by Crippen LogP contribution is -2.36. The zero-order valence-corrected chi connectivity index (χ0v) is 17.9. The Morgan fingerprint density at radius 2 is 1.75 bits per heavy atom. The summed E-state index contributed by atoms with van der Waals surface area (Å²) in [5.41, 5.74) is 5.72. The van der Waals surface area contributed by atoms with Gasteiger partial charge in [0.15, 0.2) is 0 Å². The highest BCUT2D eigenvalue weighted by atomic mass is 16.1. The average Bonchev–Trinajstić information content (AvgIpc) is 3.34. The van der Waals surface area contributed by atoms with Gasteiger partial charge in [-0.1, -0.05) is 60.2 Å². The van der Waals surface area contributed by atoms with E-state index in [4.69, 9.17) is 0 Å². The van der Waals surface area contributed by atoms with E-state index in [2.05, 4.69) is 43.8 Å². The number of carbonyl (C=O) groups is 1. The molecule has 160 valence electrons. The molecule has 0 fully saturated rings. The Balaban J connectivity index is 1.53. The third-order valence-corrected chi connectivity index (χ3v) is 4.98. The fourth-order valence-corrected chi connectivity index (χ4v) is 3.25. The highest BCUT2D eigenvalue weighted by Gasteiger charge is 2.10. The number of aliphatic imine (C=N–C) groups is 1. The largest absolute Gasteiger partial charge is 0.348 e. The van der Waals surface area contributed by atoms with Gasteiger partial charge in [-0.25, -0.2) is 4.98 Å². The summed E-state index contributed by atoms with van der Waals surface area (Å²) in [6.45, 7) is 2.49. The molecule has 0 atom stereocenters. The quantitative estimate of drug-likeness (QED) is 0.307. The molecule has 4 rings (SSSR count). The summed E-state index contributed by atoms with van der Waals surface area (Å²) in [5.74, 6) is 0.192. The van der Waals surface area contributed by atoms with E-state index in [0.717, 1.165) is 28.1 Å². The van der Waals surface area contributed by atoms with Gasteiger partial charge in [0.05, 0.1) is 6.33 Å². The summed E-state index contributed by atoms with van der Waals surface area (Å²) in [4.78, 5) is 24.5. The van der Waals surface area contributed by atoms with Gasteiger partial charge in [0.25, 0.3) is 5.91 Å². The maximum absolute atomic E-state index is 12.8. The summed E-state index contributed by atoms with van der Waals surface area (Å²) >= 11 is 0. The number of hydrogen-bond donors (Lipinski definition) is 3. The fraction of sp³-hybridized carbons (Fsp3) is 0.115. The van der Waals surface area contributed by atoms with Crippen LogP contribution >= 0.6 is 0 Å². The summed E-state index contributed by atoms with van der Waals surface area (Å²) in [6, 6.07) is 25.6. The van der Waals surface area contributed by atoms with Gasteiger partial charge in [-0.15, -0.1) is 0 Å². The van der Waals surface area contributed by atoms with Crippen LogP contribution in [0.5, 0.6) is 0 Å². The Hall–Kier alpha value is -4.19. The smallest absolute Gasteiger partial charge is 0.257 e. The second-order valence-electron chi connectivity index (χ2n) is 7.45. The van der Waals surface area contributed by atoms with Crippen molar-refractivity contribution in [2.24, 2.45) is 4.99 Å². The number of nitrogens with zero attached hydrogens (tertiary/aromatic N) is 2. The number of aromatic amines is 1. The summed E-state index contributed by atoms with van der Waals surface area (Å²) < 4.78 is 0. The summed E-state index contributed by atoms with van der Waals surface area (Å²) in [5, 5.41) is 6.19. The topological polar surface area (TPSA) is 82.2 Å². The van der Waals surface area contributed by atoms with E-state index in [1.54, 1.807) is 12.5 Å². The van der Waals surface area contributed by atoms with Crippen molar-refractivity contribution in [1.29, 1.82) is 0 Å². The normalized spacial score (nSPS) is 11.2. The summed E-state index contributed by atoms with van der Waals surface area (Å²) in [7, 11) is 0. The minimum absolute atomic E-state index is 0.211. The number of anilines is 1. The molecule has 1 aromatic heterocycles. The van der Waals surface area contributed by atoms with Gasteiger partial charge in [-0.3, -0.25) is 15.1 Å². The zero-order chi connectivity index (χ0) is 22.2. The van der Waals surface area contributed by atoms with Gasteiger partial charge in [-0.05, 0) is 42.3 Å². The van der Waals surface area contributed by atoms with Crippen molar-refractivity contribution in [2.45, 2.75) is 13.3 Å². The molecule has 1 heterocycles. The van der Waals surface area contributed by atoms with Crippen LogP contribution in [0.4, 0.5) is 5.69 Å². The number of aromatic nitrogens is 2. The predicted molar refractivity (Wildman–Crippen MR) is 129 cm³/mol. The highest BCUT2D eigenvalue weighted by molar-refractivity contribution is 6.10. The summed E-state index contributed by atoms with van der Waals surface area (Å²) in [6.07, 6.45) is 4.11. The molecule has 0 radical (unpaired) electrons. The lowest BCUT2D eigenvalue weighted by Gasteiger charge is -2.13. The minimum Gasteiger partial charge on any atom is -0.348 e. The van der Waals surface area contributed by atoms with E-state index in [-0.39, 0.29) is 5.91 Å². The van der Waals surface area contributed by atoms with Crippen LogP contribution in [-0.4, -0.2) is 28.4 Å². The molecule has 0 unspecified atom stereocenters. The number of guanidine groups is 1. The molecule has 1 amide bonds. The van der Waals surface area contributed by atoms with Crippen LogP contribution in [-0.2, 0) is 6.42 Å². The number of nitrogens with one attached hydrogen (secondary N) is 3. The number of carbonyl (C=O) groups excluding carboxylic acids is 1.